The molecule has 6 heteroatoms. The predicted octanol–water partition coefficient (Wildman–Crippen LogP) is 3.38. The molecule has 3 heterocycles. The van der Waals surface area contributed by atoms with E-state index < -0.39 is 0 Å². The SMILES string of the molecule is O=C(N1CCC(c2noc(-c3ccco3)n2)C1)C1(c2ccccc2)CC1. The van der Waals surface area contributed by atoms with Crippen molar-refractivity contribution in [3.8, 4) is 11.7 Å². The van der Waals surface area contributed by atoms with Crippen LogP contribution in [0.15, 0.2) is 57.7 Å². The van der Waals surface area contributed by atoms with Crippen LogP contribution in [0, 0.1) is 0 Å². The second-order valence-electron chi connectivity index (χ2n) is 7.12. The van der Waals surface area contributed by atoms with Crippen LogP contribution in [0.1, 0.15) is 36.6 Å². The molecule has 6 nitrogen and oxygen atoms in total. The van der Waals surface area contributed by atoms with Crippen molar-refractivity contribution < 1.29 is 13.7 Å². The molecule has 1 unspecified atom stereocenters. The first kappa shape index (κ1) is 15.4. The molecule has 2 aromatic heterocycles. The Morgan fingerprint density at radius 1 is 1.15 bits per heavy atom. The fraction of sp³-hybridized carbons (Fsp3) is 0.350. The molecule has 0 N–H and O–H groups in total. The van der Waals surface area contributed by atoms with Gasteiger partial charge in [0, 0.05) is 19.0 Å². The number of furan rings is 1. The molecule has 1 amide bonds. The molecule has 132 valence electrons. The lowest BCUT2D eigenvalue weighted by Gasteiger charge is -2.23. The summed E-state index contributed by atoms with van der Waals surface area (Å²) in [6.07, 6.45) is 4.30. The number of hydrogen-bond donors (Lipinski definition) is 0. The first-order valence-electron chi connectivity index (χ1n) is 8.99. The van der Waals surface area contributed by atoms with Gasteiger partial charge in [0.1, 0.15) is 0 Å². The second kappa shape index (κ2) is 5.83. The van der Waals surface area contributed by atoms with Crippen LogP contribution in [0.25, 0.3) is 11.7 Å². The Hall–Kier alpha value is -2.89. The van der Waals surface area contributed by atoms with Crippen LogP contribution >= 0.6 is 0 Å². The Kier molecular flexibility index (Phi) is 3.45. The molecule has 5 rings (SSSR count). The number of carbonyl (C=O) groups excluding carboxylic acids is 1. The summed E-state index contributed by atoms with van der Waals surface area (Å²) < 4.78 is 10.6. The molecule has 1 aliphatic heterocycles. The van der Waals surface area contributed by atoms with Crippen molar-refractivity contribution in [1.82, 2.24) is 15.0 Å². The van der Waals surface area contributed by atoms with E-state index in [4.69, 9.17) is 8.94 Å². The Bertz CT molecular complexity index is 913. The first-order chi connectivity index (χ1) is 12.8. The molecule has 26 heavy (non-hydrogen) atoms. The van der Waals surface area contributed by atoms with Crippen LogP contribution in [0.2, 0.25) is 0 Å². The summed E-state index contributed by atoms with van der Waals surface area (Å²) in [7, 11) is 0. The number of nitrogens with zero attached hydrogens (tertiary/aromatic N) is 3. The van der Waals surface area contributed by atoms with Gasteiger partial charge in [0.25, 0.3) is 5.89 Å². The van der Waals surface area contributed by atoms with Gasteiger partial charge in [0.2, 0.25) is 5.91 Å². The van der Waals surface area contributed by atoms with Gasteiger partial charge in [-0.15, -0.1) is 0 Å². The molecule has 1 atom stereocenters. The number of amides is 1. The van der Waals surface area contributed by atoms with E-state index in [2.05, 4.69) is 22.3 Å². The van der Waals surface area contributed by atoms with E-state index in [1.54, 1.807) is 18.4 Å². The Labute approximate surface area is 150 Å². The van der Waals surface area contributed by atoms with Gasteiger partial charge in [-0.1, -0.05) is 35.5 Å². The topological polar surface area (TPSA) is 72.4 Å². The zero-order chi connectivity index (χ0) is 17.6. The molecule has 2 aliphatic rings. The fourth-order valence-electron chi connectivity index (χ4n) is 3.87. The zero-order valence-corrected chi connectivity index (χ0v) is 14.3. The van der Waals surface area contributed by atoms with Crippen LogP contribution in [0.5, 0.6) is 0 Å². The highest BCUT2D eigenvalue weighted by Crippen LogP contribution is 2.50. The first-order valence-corrected chi connectivity index (χ1v) is 8.99. The largest absolute Gasteiger partial charge is 0.459 e. The van der Waals surface area contributed by atoms with Crippen molar-refractivity contribution in [3.63, 3.8) is 0 Å². The lowest BCUT2D eigenvalue weighted by atomic mass is 9.94. The van der Waals surface area contributed by atoms with Crippen molar-refractivity contribution in [2.24, 2.45) is 0 Å². The molecule has 2 fully saturated rings. The molecule has 1 aliphatic carbocycles. The summed E-state index contributed by atoms with van der Waals surface area (Å²) in [6.45, 7) is 1.38. The highest BCUT2D eigenvalue weighted by atomic mass is 16.5. The molecule has 1 aromatic carbocycles. The van der Waals surface area contributed by atoms with E-state index >= 15 is 0 Å². The van der Waals surface area contributed by atoms with Crippen LogP contribution in [-0.2, 0) is 10.2 Å². The highest BCUT2D eigenvalue weighted by molar-refractivity contribution is 5.91. The molecule has 1 saturated carbocycles. The monoisotopic (exact) mass is 349 g/mol. The lowest BCUT2D eigenvalue weighted by Crippen LogP contribution is -2.37. The van der Waals surface area contributed by atoms with Crippen molar-refractivity contribution in [2.75, 3.05) is 13.1 Å². The smallest absolute Gasteiger partial charge is 0.293 e. The third kappa shape index (κ3) is 2.44. The van der Waals surface area contributed by atoms with Crippen molar-refractivity contribution >= 4 is 5.91 Å². The fourth-order valence-corrected chi connectivity index (χ4v) is 3.87. The van der Waals surface area contributed by atoms with Crippen LogP contribution < -0.4 is 0 Å². The molecule has 0 radical (unpaired) electrons. The summed E-state index contributed by atoms with van der Waals surface area (Å²) in [5.41, 5.74) is 0.820. The summed E-state index contributed by atoms with van der Waals surface area (Å²) in [4.78, 5) is 19.6. The number of likely N-dealkylation sites (tertiary alicyclic amines) is 1. The summed E-state index contributed by atoms with van der Waals surface area (Å²) in [6, 6.07) is 13.7. The van der Waals surface area contributed by atoms with Crippen LogP contribution in [-0.4, -0.2) is 34.0 Å². The van der Waals surface area contributed by atoms with Gasteiger partial charge in [-0.2, -0.15) is 4.98 Å². The maximum atomic E-state index is 13.1. The lowest BCUT2D eigenvalue weighted by molar-refractivity contribution is -0.132. The third-order valence-corrected chi connectivity index (χ3v) is 5.50. The molecule has 1 saturated heterocycles. The Balaban J connectivity index is 1.31. The van der Waals surface area contributed by atoms with Gasteiger partial charge in [-0.25, -0.2) is 0 Å². The number of hydrogen-bond acceptors (Lipinski definition) is 5. The van der Waals surface area contributed by atoms with Crippen molar-refractivity contribution in [2.45, 2.75) is 30.6 Å². The standard InChI is InChI=1S/C20H19N3O3/c24-19(20(9-10-20)15-5-2-1-3-6-15)23-11-8-14(13-23)17-21-18(26-22-17)16-7-4-12-25-16/h1-7,12,14H,8-11,13H2. The number of aromatic nitrogens is 2. The number of carbonyl (C=O) groups is 1. The minimum Gasteiger partial charge on any atom is -0.459 e. The summed E-state index contributed by atoms with van der Waals surface area (Å²) in [5.74, 6) is 1.95. The van der Waals surface area contributed by atoms with Crippen LogP contribution in [0.3, 0.4) is 0 Å². The normalized spacial score (nSPS) is 21.1. The molecule has 0 spiro atoms. The van der Waals surface area contributed by atoms with Gasteiger partial charge >= 0.3 is 0 Å². The van der Waals surface area contributed by atoms with E-state index in [0.717, 1.165) is 31.4 Å². The van der Waals surface area contributed by atoms with E-state index in [0.29, 0.717) is 24.0 Å². The average Bonchev–Trinajstić information content (AvgIpc) is 3.12. The molecule has 0 bridgehead atoms. The Morgan fingerprint density at radius 3 is 2.73 bits per heavy atom. The van der Waals surface area contributed by atoms with Crippen molar-refractivity contribution in [1.29, 1.82) is 0 Å². The van der Waals surface area contributed by atoms with Gasteiger partial charge in [0.05, 0.1) is 11.7 Å². The molecular weight excluding hydrogens is 330 g/mol. The summed E-state index contributed by atoms with van der Waals surface area (Å²) >= 11 is 0. The quantitative estimate of drug-likeness (QED) is 0.722. The van der Waals surface area contributed by atoms with E-state index in [1.807, 2.05) is 23.1 Å². The van der Waals surface area contributed by atoms with E-state index in [9.17, 15) is 4.79 Å². The Morgan fingerprint density at radius 2 is 2.00 bits per heavy atom. The second-order valence-corrected chi connectivity index (χ2v) is 7.12. The van der Waals surface area contributed by atoms with Gasteiger partial charge in [-0.05, 0) is 37.0 Å². The predicted molar refractivity (Wildman–Crippen MR) is 93.3 cm³/mol. The van der Waals surface area contributed by atoms with E-state index in [1.165, 1.54) is 0 Å². The van der Waals surface area contributed by atoms with Crippen LogP contribution in [0.4, 0.5) is 0 Å². The van der Waals surface area contributed by atoms with Gasteiger partial charge in [0.15, 0.2) is 11.6 Å². The maximum absolute atomic E-state index is 13.1. The number of rotatable bonds is 4. The maximum Gasteiger partial charge on any atom is 0.293 e. The molecular formula is C20H19N3O3. The highest BCUT2D eigenvalue weighted by Gasteiger charge is 2.53. The summed E-state index contributed by atoms with van der Waals surface area (Å²) in [5, 5.41) is 4.10. The zero-order valence-electron chi connectivity index (χ0n) is 14.3. The minimum atomic E-state index is -0.313. The third-order valence-electron chi connectivity index (χ3n) is 5.50. The van der Waals surface area contributed by atoms with Gasteiger partial charge < -0.3 is 13.8 Å². The molecule has 3 aromatic rings. The number of benzene rings is 1. The van der Waals surface area contributed by atoms with Gasteiger partial charge in [-0.3, -0.25) is 4.79 Å². The minimum absolute atomic E-state index is 0.109. The van der Waals surface area contributed by atoms with E-state index in [-0.39, 0.29) is 17.2 Å². The van der Waals surface area contributed by atoms with Crippen molar-refractivity contribution in [3.05, 3.63) is 60.1 Å². The average molecular weight is 349 g/mol.